The first-order valence-corrected chi connectivity index (χ1v) is 6.21. The van der Waals surface area contributed by atoms with Gasteiger partial charge in [0, 0.05) is 24.1 Å². The lowest BCUT2D eigenvalue weighted by Crippen LogP contribution is -2.38. The van der Waals surface area contributed by atoms with E-state index >= 15 is 0 Å². The van der Waals surface area contributed by atoms with Crippen LogP contribution in [0.1, 0.15) is 25.7 Å². The van der Waals surface area contributed by atoms with E-state index in [-0.39, 0.29) is 23.7 Å². The molecule has 0 saturated heterocycles. The van der Waals surface area contributed by atoms with E-state index < -0.39 is 11.6 Å². The molecule has 1 aliphatic carbocycles. The molecule has 0 radical (unpaired) electrons. The standard InChI is InChI=1S/C13H16F2N2O2/c14-9-5-10(15)7-12(6-9)19-11-3-1-8(2-4-11)13(18)17-16/h5-8,11H,1-4,16H2,(H,17,18)/t8-,11-. The lowest BCUT2D eigenvalue weighted by Gasteiger charge is -2.27. The lowest BCUT2D eigenvalue weighted by molar-refractivity contribution is -0.126. The molecule has 1 aliphatic rings. The molecular weight excluding hydrogens is 254 g/mol. The van der Waals surface area contributed by atoms with E-state index in [9.17, 15) is 13.6 Å². The molecular formula is C13H16F2N2O2. The molecule has 104 valence electrons. The van der Waals surface area contributed by atoms with E-state index in [1.165, 1.54) is 0 Å². The van der Waals surface area contributed by atoms with Gasteiger partial charge in [-0.1, -0.05) is 0 Å². The Balaban J connectivity index is 1.90. The number of hydrogen-bond acceptors (Lipinski definition) is 3. The highest BCUT2D eigenvalue weighted by Crippen LogP contribution is 2.28. The fourth-order valence-electron chi connectivity index (χ4n) is 2.35. The zero-order valence-electron chi connectivity index (χ0n) is 10.4. The van der Waals surface area contributed by atoms with Gasteiger partial charge in [0.15, 0.2) is 0 Å². The number of rotatable bonds is 3. The van der Waals surface area contributed by atoms with Gasteiger partial charge >= 0.3 is 0 Å². The molecule has 0 bridgehead atoms. The van der Waals surface area contributed by atoms with Crippen molar-refractivity contribution in [1.82, 2.24) is 5.43 Å². The Labute approximate surface area is 109 Å². The third kappa shape index (κ3) is 3.64. The van der Waals surface area contributed by atoms with Crippen LogP contribution in [0.5, 0.6) is 5.75 Å². The van der Waals surface area contributed by atoms with Crippen molar-refractivity contribution in [3.8, 4) is 5.75 Å². The molecule has 1 aromatic rings. The summed E-state index contributed by atoms with van der Waals surface area (Å²) in [4.78, 5) is 11.3. The van der Waals surface area contributed by atoms with Crippen molar-refractivity contribution in [2.24, 2.45) is 11.8 Å². The highest BCUT2D eigenvalue weighted by atomic mass is 19.1. The lowest BCUT2D eigenvalue weighted by atomic mass is 9.87. The minimum Gasteiger partial charge on any atom is -0.490 e. The zero-order valence-corrected chi connectivity index (χ0v) is 10.4. The predicted octanol–water partition coefficient (Wildman–Crippen LogP) is 1.89. The normalized spacial score (nSPS) is 22.9. The monoisotopic (exact) mass is 270 g/mol. The first-order chi connectivity index (χ1) is 9.08. The van der Waals surface area contributed by atoms with Gasteiger partial charge in [0.2, 0.25) is 5.91 Å². The largest absolute Gasteiger partial charge is 0.490 e. The average molecular weight is 270 g/mol. The summed E-state index contributed by atoms with van der Waals surface area (Å²) in [6, 6.07) is 3.11. The highest BCUT2D eigenvalue weighted by molar-refractivity contribution is 5.78. The van der Waals surface area contributed by atoms with Crippen LogP contribution in [0.25, 0.3) is 0 Å². The smallest absolute Gasteiger partial charge is 0.236 e. The van der Waals surface area contributed by atoms with Crippen LogP contribution in [0.4, 0.5) is 8.78 Å². The predicted molar refractivity (Wildman–Crippen MR) is 65.1 cm³/mol. The molecule has 0 heterocycles. The van der Waals surface area contributed by atoms with Gasteiger partial charge in [-0.2, -0.15) is 0 Å². The van der Waals surface area contributed by atoms with E-state index in [4.69, 9.17) is 10.6 Å². The van der Waals surface area contributed by atoms with Crippen LogP contribution in [-0.4, -0.2) is 12.0 Å². The number of nitrogens with one attached hydrogen (secondary N) is 1. The van der Waals surface area contributed by atoms with Crippen molar-refractivity contribution in [2.45, 2.75) is 31.8 Å². The highest BCUT2D eigenvalue weighted by Gasteiger charge is 2.26. The Bertz CT molecular complexity index is 440. The number of hydrazine groups is 1. The Morgan fingerprint density at radius 2 is 1.74 bits per heavy atom. The molecule has 1 amide bonds. The fraction of sp³-hybridized carbons (Fsp3) is 0.462. The van der Waals surface area contributed by atoms with Gasteiger partial charge in [-0.15, -0.1) is 0 Å². The summed E-state index contributed by atoms with van der Waals surface area (Å²) in [7, 11) is 0. The first kappa shape index (κ1) is 13.7. The molecule has 19 heavy (non-hydrogen) atoms. The number of halogens is 2. The Morgan fingerprint density at radius 1 is 1.16 bits per heavy atom. The Kier molecular flexibility index (Phi) is 4.31. The SMILES string of the molecule is NNC(=O)[C@H]1CC[C@H](Oc2cc(F)cc(F)c2)CC1. The summed E-state index contributed by atoms with van der Waals surface area (Å²) in [6.07, 6.45) is 2.52. The third-order valence-corrected chi connectivity index (χ3v) is 3.33. The van der Waals surface area contributed by atoms with E-state index in [0.29, 0.717) is 25.7 Å². The summed E-state index contributed by atoms with van der Waals surface area (Å²) in [5, 5.41) is 0. The maximum atomic E-state index is 13.0. The van der Waals surface area contributed by atoms with Gasteiger partial charge < -0.3 is 4.74 Å². The fourth-order valence-corrected chi connectivity index (χ4v) is 2.35. The molecule has 0 aliphatic heterocycles. The van der Waals surface area contributed by atoms with Crippen LogP contribution in [0.2, 0.25) is 0 Å². The maximum absolute atomic E-state index is 13.0. The number of hydrogen-bond donors (Lipinski definition) is 2. The molecule has 0 spiro atoms. The molecule has 0 atom stereocenters. The van der Waals surface area contributed by atoms with E-state index in [1.54, 1.807) is 0 Å². The van der Waals surface area contributed by atoms with Crippen LogP contribution in [0.15, 0.2) is 18.2 Å². The molecule has 0 aromatic heterocycles. The third-order valence-electron chi connectivity index (χ3n) is 3.33. The van der Waals surface area contributed by atoms with Gasteiger partial charge in [0.1, 0.15) is 17.4 Å². The van der Waals surface area contributed by atoms with Crippen molar-refractivity contribution in [3.05, 3.63) is 29.8 Å². The number of ether oxygens (including phenoxy) is 1. The molecule has 1 saturated carbocycles. The van der Waals surface area contributed by atoms with Crippen LogP contribution < -0.4 is 16.0 Å². The maximum Gasteiger partial charge on any atom is 0.236 e. The molecule has 2 rings (SSSR count). The average Bonchev–Trinajstić information content (AvgIpc) is 2.37. The molecule has 3 N–H and O–H groups in total. The Morgan fingerprint density at radius 3 is 2.26 bits per heavy atom. The second-order valence-electron chi connectivity index (χ2n) is 4.71. The minimum absolute atomic E-state index is 0.103. The van der Waals surface area contributed by atoms with E-state index in [0.717, 1.165) is 18.2 Å². The van der Waals surface area contributed by atoms with Crippen LogP contribution in [-0.2, 0) is 4.79 Å². The summed E-state index contributed by atoms with van der Waals surface area (Å²) >= 11 is 0. The second kappa shape index (κ2) is 5.97. The van der Waals surface area contributed by atoms with Gasteiger partial charge in [-0.05, 0) is 25.7 Å². The second-order valence-corrected chi connectivity index (χ2v) is 4.71. The number of carbonyl (C=O) groups is 1. The van der Waals surface area contributed by atoms with Crippen molar-refractivity contribution in [1.29, 1.82) is 0 Å². The quantitative estimate of drug-likeness (QED) is 0.501. The number of amides is 1. The van der Waals surface area contributed by atoms with Crippen molar-refractivity contribution < 1.29 is 18.3 Å². The summed E-state index contributed by atoms with van der Waals surface area (Å²) in [5.74, 6) is 3.67. The van der Waals surface area contributed by atoms with Gasteiger partial charge in [0.05, 0.1) is 6.10 Å². The van der Waals surface area contributed by atoms with E-state index in [1.807, 2.05) is 0 Å². The topological polar surface area (TPSA) is 64.3 Å². The van der Waals surface area contributed by atoms with Crippen molar-refractivity contribution in [3.63, 3.8) is 0 Å². The molecule has 0 unspecified atom stereocenters. The molecule has 6 heteroatoms. The van der Waals surface area contributed by atoms with Gasteiger partial charge in [-0.25, -0.2) is 14.6 Å². The van der Waals surface area contributed by atoms with Crippen LogP contribution >= 0.6 is 0 Å². The summed E-state index contributed by atoms with van der Waals surface area (Å²) < 4.78 is 31.6. The summed E-state index contributed by atoms with van der Waals surface area (Å²) in [5.41, 5.74) is 2.14. The zero-order chi connectivity index (χ0) is 13.8. The van der Waals surface area contributed by atoms with Gasteiger partial charge in [0.25, 0.3) is 0 Å². The van der Waals surface area contributed by atoms with Gasteiger partial charge in [-0.3, -0.25) is 10.2 Å². The van der Waals surface area contributed by atoms with Crippen LogP contribution in [0, 0.1) is 17.6 Å². The first-order valence-electron chi connectivity index (χ1n) is 6.21. The molecule has 4 nitrogen and oxygen atoms in total. The van der Waals surface area contributed by atoms with Crippen molar-refractivity contribution >= 4 is 5.91 Å². The number of carbonyl (C=O) groups excluding carboxylic acids is 1. The molecule has 1 fully saturated rings. The number of benzene rings is 1. The number of nitrogens with two attached hydrogens (primary N) is 1. The summed E-state index contributed by atoms with van der Waals surface area (Å²) in [6.45, 7) is 0. The van der Waals surface area contributed by atoms with Crippen molar-refractivity contribution in [2.75, 3.05) is 0 Å². The minimum atomic E-state index is -0.661. The van der Waals surface area contributed by atoms with E-state index in [2.05, 4.69) is 5.43 Å². The van der Waals surface area contributed by atoms with Crippen LogP contribution in [0.3, 0.4) is 0 Å². The molecule has 1 aromatic carbocycles. The Hall–Kier alpha value is -1.69.